The predicted octanol–water partition coefficient (Wildman–Crippen LogP) is 4.55. The van der Waals surface area contributed by atoms with Gasteiger partial charge in [0.05, 0.1) is 0 Å². The molecule has 2 heteroatoms. The van der Waals surface area contributed by atoms with E-state index in [0.717, 1.165) is 12.8 Å². The number of halogens is 1. The molecule has 2 aliphatic rings. The van der Waals surface area contributed by atoms with Crippen LogP contribution in [0.3, 0.4) is 0 Å². The van der Waals surface area contributed by atoms with Gasteiger partial charge in [-0.25, -0.2) is 0 Å². The Bertz CT molecular complexity index is 440. The van der Waals surface area contributed by atoms with Crippen LogP contribution in [0.5, 0.6) is 0 Å². The van der Waals surface area contributed by atoms with Crippen LogP contribution >= 0.6 is 15.9 Å². The Balaban J connectivity index is 2.49. The van der Waals surface area contributed by atoms with E-state index in [-0.39, 0.29) is 16.6 Å². The maximum atomic E-state index is 11.7. The molecule has 0 aliphatic heterocycles. The molecule has 0 N–H and O–H groups in total. The van der Waals surface area contributed by atoms with Gasteiger partial charge in [0.2, 0.25) is 0 Å². The van der Waals surface area contributed by atoms with E-state index < -0.39 is 0 Å². The summed E-state index contributed by atoms with van der Waals surface area (Å²) in [4.78, 5) is 13.7. The molecule has 92 valence electrons. The summed E-state index contributed by atoms with van der Waals surface area (Å²) >= 11 is 3.39. The molecule has 0 heterocycles. The summed E-state index contributed by atoms with van der Waals surface area (Å²) in [7, 11) is 0. The van der Waals surface area contributed by atoms with Gasteiger partial charge in [0.15, 0.2) is 5.78 Å². The molecule has 17 heavy (non-hydrogen) atoms. The minimum atomic E-state index is 0.0251. The van der Waals surface area contributed by atoms with Crippen LogP contribution in [0.4, 0.5) is 0 Å². The van der Waals surface area contributed by atoms with Crippen LogP contribution in [0.1, 0.15) is 40.0 Å². The first-order valence-electron chi connectivity index (χ1n) is 6.11. The minimum absolute atomic E-state index is 0.0251. The van der Waals surface area contributed by atoms with Crippen LogP contribution in [0.15, 0.2) is 34.4 Å². The lowest BCUT2D eigenvalue weighted by molar-refractivity contribution is -0.118. The van der Waals surface area contributed by atoms with Crippen molar-refractivity contribution in [3.8, 4) is 0 Å². The maximum absolute atomic E-state index is 11.7. The van der Waals surface area contributed by atoms with Crippen molar-refractivity contribution in [3.05, 3.63) is 34.4 Å². The summed E-state index contributed by atoms with van der Waals surface area (Å²) in [5.74, 6) is 0.272. The third-order valence-corrected chi connectivity index (χ3v) is 5.02. The average molecular weight is 295 g/mol. The largest absolute Gasteiger partial charge is 0.295 e. The first-order valence-corrected chi connectivity index (χ1v) is 7.03. The molecule has 1 atom stereocenters. The van der Waals surface area contributed by atoms with Gasteiger partial charge in [-0.15, -0.1) is 0 Å². The van der Waals surface area contributed by atoms with E-state index in [9.17, 15) is 4.79 Å². The number of ketones is 1. The molecule has 1 nitrogen and oxygen atoms in total. The lowest BCUT2D eigenvalue weighted by Gasteiger charge is -2.50. The van der Waals surface area contributed by atoms with E-state index >= 15 is 0 Å². The summed E-state index contributed by atoms with van der Waals surface area (Å²) < 4.78 is 0. The Morgan fingerprint density at radius 3 is 2.59 bits per heavy atom. The van der Waals surface area contributed by atoms with Gasteiger partial charge >= 0.3 is 0 Å². The van der Waals surface area contributed by atoms with E-state index in [0.29, 0.717) is 6.42 Å². The first-order chi connectivity index (χ1) is 7.91. The first kappa shape index (κ1) is 12.8. The minimum Gasteiger partial charge on any atom is -0.295 e. The molecule has 2 aliphatic carbocycles. The van der Waals surface area contributed by atoms with Gasteiger partial charge in [-0.05, 0) is 41.8 Å². The second-order valence-electron chi connectivity index (χ2n) is 5.84. The Kier molecular flexibility index (Phi) is 3.19. The Labute approximate surface area is 112 Å². The Morgan fingerprint density at radius 2 is 2.12 bits per heavy atom. The molecular formula is C15H19BrO. The quantitative estimate of drug-likeness (QED) is 0.641. The van der Waals surface area contributed by atoms with Gasteiger partial charge in [-0.2, -0.15) is 0 Å². The molecule has 2 rings (SSSR count). The number of carbonyl (C=O) groups is 1. The highest BCUT2D eigenvalue weighted by Crippen LogP contribution is 2.56. The lowest BCUT2D eigenvalue weighted by atomic mass is 9.54. The number of carbonyl (C=O) groups excluding carboxylic acids is 1. The highest BCUT2D eigenvalue weighted by atomic mass is 79.9. The topological polar surface area (TPSA) is 17.1 Å². The van der Waals surface area contributed by atoms with Crippen molar-refractivity contribution in [1.29, 1.82) is 0 Å². The van der Waals surface area contributed by atoms with Crippen molar-refractivity contribution in [2.75, 3.05) is 0 Å². The fourth-order valence-corrected chi connectivity index (χ4v) is 3.67. The van der Waals surface area contributed by atoms with E-state index in [2.05, 4.69) is 48.9 Å². The van der Waals surface area contributed by atoms with Crippen LogP contribution < -0.4 is 0 Å². The van der Waals surface area contributed by atoms with Gasteiger partial charge in [-0.3, -0.25) is 4.79 Å². The van der Waals surface area contributed by atoms with Crippen molar-refractivity contribution in [1.82, 2.24) is 0 Å². The van der Waals surface area contributed by atoms with Gasteiger partial charge in [-0.1, -0.05) is 47.5 Å². The highest BCUT2D eigenvalue weighted by molar-refractivity contribution is 9.11. The van der Waals surface area contributed by atoms with E-state index in [1.54, 1.807) is 0 Å². The summed E-state index contributed by atoms with van der Waals surface area (Å²) in [6, 6.07) is 0. The van der Waals surface area contributed by atoms with Gasteiger partial charge in [0.25, 0.3) is 0 Å². The average Bonchev–Trinajstić information content (AvgIpc) is 2.26. The van der Waals surface area contributed by atoms with Gasteiger partial charge < -0.3 is 0 Å². The molecule has 1 unspecified atom stereocenters. The SMILES string of the molecule is CC1=CC(=O)CC(C)(C)C12C=C/C(=C/Br)CC2. The monoisotopic (exact) mass is 294 g/mol. The van der Waals surface area contributed by atoms with Crippen LogP contribution in [0.25, 0.3) is 0 Å². The molecule has 0 aromatic rings. The fraction of sp³-hybridized carbons (Fsp3) is 0.533. The normalized spacial score (nSPS) is 34.2. The van der Waals surface area contributed by atoms with Crippen molar-refractivity contribution in [3.63, 3.8) is 0 Å². The third kappa shape index (κ3) is 1.97. The molecule has 0 saturated carbocycles. The smallest absolute Gasteiger partial charge is 0.156 e. The van der Waals surface area contributed by atoms with Crippen LogP contribution in [-0.2, 0) is 4.79 Å². The highest BCUT2D eigenvalue weighted by Gasteiger charge is 2.48. The molecule has 0 aromatic carbocycles. The lowest BCUT2D eigenvalue weighted by Crippen LogP contribution is -2.43. The molecule has 1 spiro atoms. The Morgan fingerprint density at radius 1 is 1.41 bits per heavy atom. The number of allylic oxidation sites excluding steroid dienone is 5. The predicted molar refractivity (Wildman–Crippen MR) is 75.0 cm³/mol. The number of hydrogen-bond acceptors (Lipinski definition) is 1. The summed E-state index contributed by atoms with van der Waals surface area (Å²) in [6.45, 7) is 6.54. The van der Waals surface area contributed by atoms with Crippen molar-refractivity contribution >= 4 is 21.7 Å². The van der Waals surface area contributed by atoms with E-state index in [1.165, 1.54) is 11.1 Å². The zero-order chi connectivity index (χ0) is 12.7. The van der Waals surface area contributed by atoms with Crippen LogP contribution in [0, 0.1) is 10.8 Å². The van der Waals surface area contributed by atoms with Crippen LogP contribution in [0.2, 0.25) is 0 Å². The molecule has 0 saturated heterocycles. The molecule has 0 aromatic heterocycles. The second-order valence-corrected chi connectivity index (χ2v) is 6.30. The van der Waals surface area contributed by atoms with Crippen LogP contribution in [-0.4, -0.2) is 5.78 Å². The third-order valence-electron chi connectivity index (χ3n) is 4.44. The van der Waals surface area contributed by atoms with E-state index in [1.807, 2.05) is 11.1 Å². The molecular weight excluding hydrogens is 276 g/mol. The van der Waals surface area contributed by atoms with Gasteiger partial charge in [0.1, 0.15) is 0 Å². The fourth-order valence-electron chi connectivity index (χ4n) is 3.29. The zero-order valence-electron chi connectivity index (χ0n) is 10.7. The summed E-state index contributed by atoms with van der Waals surface area (Å²) in [6.07, 6.45) is 9.18. The molecule has 0 bridgehead atoms. The second kappa shape index (κ2) is 4.24. The maximum Gasteiger partial charge on any atom is 0.156 e. The summed E-state index contributed by atoms with van der Waals surface area (Å²) in [5.41, 5.74) is 2.65. The number of rotatable bonds is 0. The number of hydrogen-bond donors (Lipinski definition) is 0. The van der Waals surface area contributed by atoms with Crippen molar-refractivity contribution in [2.24, 2.45) is 10.8 Å². The van der Waals surface area contributed by atoms with Crippen molar-refractivity contribution in [2.45, 2.75) is 40.0 Å². The molecule has 0 amide bonds. The van der Waals surface area contributed by atoms with Crippen molar-refractivity contribution < 1.29 is 4.79 Å². The molecule has 0 radical (unpaired) electrons. The molecule has 0 fully saturated rings. The van der Waals surface area contributed by atoms with Gasteiger partial charge in [0, 0.05) is 11.8 Å². The zero-order valence-corrected chi connectivity index (χ0v) is 12.3. The summed E-state index contributed by atoms with van der Waals surface area (Å²) in [5, 5.41) is 0. The van der Waals surface area contributed by atoms with E-state index in [4.69, 9.17) is 0 Å². The Hall–Kier alpha value is -0.630. The standard InChI is InChI=1S/C15H19BrO/c1-11-8-13(17)9-14(2,3)15(11)6-4-12(10-16)5-7-15/h4,6,8,10H,5,7,9H2,1-3H3/b12-10-.